The van der Waals surface area contributed by atoms with E-state index >= 15 is 0 Å². The van der Waals surface area contributed by atoms with Crippen molar-refractivity contribution in [3.05, 3.63) is 29.1 Å². The summed E-state index contributed by atoms with van der Waals surface area (Å²) in [5.41, 5.74) is 2.79. The van der Waals surface area contributed by atoms with Crippen molar-refractivity contribution >= 4 is 5.78 Å². The van der Waals surface area contributed by atoms with Gasteiger partial charge in [0.05, 0.1) is 5.69 Å². The summed E-state index contributed by atoms with van der Waals surface area (Å²) in [5.74, 6) is 0.0321. The second kappa shape index (κ2) is 2.68. The summed E-state index contributed by atoms with van der Waals surface area (Å²) in [6, 6.07) is 3.76. The van der Waals surface area contributed by atoms with Gasteiger partial charge in [0.2, 0.25) is 0 Å². The quantitative estimate of drug-likeness (QED) is 0.623. The number of aromatic nitrogens is 1. The number of pyridine rings is 1. The van der Waals surface area contributed by atoms with Gasteiger partial charge >= 0.3 is 0 Å². The van der Waals surface area contributed by atoms with E-state index in [0.717, 1.165) is 18.8 Å². The average molecular weight is 162 g/mol. The molecule has 0 saturated heterocycles. The van der Waals surface area contributed by atoms with Gasteiger partial charge in [-0.1, -0.05) is 6.07 Å². The second-order valence-corrected chi connectivity index (χ2v) is 2.96. The minimum atomic E-state index is 0.0321. The first kappa shape index (κ1) is 7.43. The Hall–Kier alpha value is -1.22. The number of carbonyl (C=O) groups excluding carboxylic acids is 1. The molecule has 3 nitrogen and oxygen atoms in total. The first-order valence-corrected chi connectivity index (χ1v) is 3.98. The number of rotatable bonds is 1. The zero-order valence-electron chi connectivity index (χ0n) is 6.92. The first-order valence-electron chi connectivity index (χ1n) is 3.98. The Kier molecular flexibility index (Phi) is 1.66. The molecule has 1 N–H and O–H groups in total. The highest BCUT2D eigenvalue weighted by Crippen LogP contribution is 2.13. The molecule has 0 atom stereocenters. The van der Waals surface area contributed by atoms with E-state index < -0.39 is 0 Å². The van der Waals surface area contributed by atoms with E-state index in [0.29, 0.717) is 5.69 Å². The molecule has 0 fully saturated rings. The molecule has 0 spiro atoms. The number of Topliss-reactive ketones (excluding diaryl/α,β-unsaturated/α-hetero) is 1. The molecule has 0 unspecified atom stereocenters. The summed E-state index contributed by atoms with van der Waals surface area (Å²) in [4.78, 5) is 15.2. The highest BCUT2D eigenvalue weighted by Gasteiger charge is 2.12. The van der Waals surface area contributed by atoms with E-state index in [1.807, 2.05) is 6.07 Å². The number of carbonyl (C=O) groups is 1. The molecule has 1 aromatic rings. The predicted octanol–water partition coefficient (Wildman–Crippen LogP) is 0.887. The summed E-state index contributed by atoms with van der Waals surface area (Å²) in [6.07, 6.45) is 0. The molecular formula is C9H10N2O. The van der Waals surface area contributed by atoms with Crippen molar-refractivity contribution in [1.29, 1.82) is 0 Å². The molecule has 1 aromatic heterocycles. The van der Waals surface area contributed by atoms with Gasteiger partial charge in [0.25, 0.3) is 0 Å². The lowest BCUT2D eigenvalue weighted by atomic mass is 10.2. The lowest BCUT2D eigenvalue weighted by Crippen LogP contribution is -2.02. The molecule has 0 aliphatic carbocycles. The normalized spacial score (nSPS) is 14.4. The maximum Gasteiger partial charge on any atom is 0.178 e. The lowest BCUT2D eigenvalue weighted by Gasteiger charge is -1.98. The molecule has 1 aliphatic heterocycles. The smallest absolute Gasteiger partial charge is 0.178 e. The van der Waals surface area contributed by atoms with E-state index in [2.05, 4.69) is 10.3 Å². The Labute approximate surface area is 70.8 Å². The molecule has 3 heteroatoms. The average Bonchev–Trinajstić information content (AvgIpc) is 2.49. The van der Waals surface area contributed by atoms with Crippen molar-refractivity contribution in [2.75, 3.05) is 0 Å². The second-order valence-electron chi connectivity index (χ2n) is 2.96. The van der Waals surface area contributed by atoms with E-state index in [1.165, 1.54) is 12.5 Å². The molecule has 62 valence electrons. The van der Waals surface area contributed by atoms with Crippen molar-refractivity contribution in [1.82, 2.24) is 10.3 Å². The maximum atomic E-state index is 11.0. The molecular weight excluding hydrogens is 152 g/mol. The van der Waals surface area contributed by atoms with Gasteiger partial charge < -0.3 is 5.32 Å². The summed E-state index contributed by atoms with van der Waals surface area (Å²) in [7, 11) is 0. The van der Waals surface area contributed by atoms with Crippen molar-refractivity contribution in [3.8, 4) is 0 Å². The van der Waals surface area contributed by atoms with Crippen LogP contribution in [0.5, 0.6) is 0 Å². The van der Waals surface area contributed by atoms with Gasteiger partial charge in [0, 0.05) is 20.0 Å². The van der Waals surface area contributed by atoms with Crippen LogP contribution in [0.4, 0.5) is 0 Å². The number of nitrogens with zero attached hydrogens (tertiary/aromatic N) is 1. The third-order valence-electron chi connectivity index (χ3n) is 2.04. The van der Waals surface area contributed by atoms with Gasteiger partial charge in [0.1, 0.15) is 5.69 Å². The topological polar surface area (TPSA) is 42.0 Å². The third kappa shape index (κ3) is 1.12. The first-order chi connectivity index (χ1) is 5.77. The zero-order chi connectivity index (χ0) is 8.55. The van der Waals surface area contributed by atoms with Crippen LogP contribution in [0, 0.1) is 0 Å². The van der Waals surface area contributed by atoms with Crippen molar-refractivity contribution in [2.45, 2.75) is 20.0 Å². The van der Waals surface area contributed by atoms with Crippen LogP contribution in [0.3, 0.4) is 0 Å². The molecule has 1 aliphatic rings. The lowest BCUT2D eigenvalue weighted by molar-refractivity contribution is 0.101. The predicted molar refractivity (Wildman–Crippen MR) is 44.8 cm³/mol. The molecule has 0 saturated carbocycles. The monoisotopic (exact) mass is 162 g/mol. The fraction of sp³-hybridized carbons (Fsp3) is 0.333. The molecule has 2 heterocycles. The fourth-order valence-electron chi connectivity index (χ4n) is 1.36. The van der Waals surface area contributed by atoms with Gasteiger partial charge in [-0.2, -0.15) is 0 Å². The van der Waals surface area contributed by atoms with Crippen molar-refractivity contribution < 1.29 is 4.79 Å². The fourth-order valence-corrected chi connectivity index (χ4v) is 1.36. The van der Waals surface area contributed by atoms with Crippen LogP contribution in [0.1, 0.15) is 28.7 Å². The third-order valence-corrected chi connectivity index (χ3v) is 2.04. The highest BCUT2D eigenvalue weighted by atomic mass is 16.1. The Morgan fingerprint density at radius 2 is 2.33 bits per heavy atom. The van der Waals surface area contributed by atoms with Crippen molar-refractivity contribution in [2.24, 2.45) is 0 Å². The van der Waals surface area contributed by atoms with E-state index in [-0.39, 0.29) is 5.78 Å². The van der Waals surface area contributed by atoms with Crippen LogP contribution in [-0.4, -0.2) is 10.8 Å². The van der Waals surface area contributed by atoms with Gasteiger partial charge in [-0.3, -0.25) is 4.79 Å². The van der Waals surface area contributed by atoms with E-state index in [4.69, 9.17) is 0 Å². The van der Waals surface area contributed by atoms with E-state index in [1.54, 1.807) is 6.07 Å². The van der Waals surface area contributed by atoms with Crippen LogP contribution in [0.25, 0.3) is 0 Å². The Bertz CT molecular complexity index is 333. The van der Waals surface area contributed by atoms with Gasteiger partial charge in [-0.25, -0.2) is 4.98 Å². The minimum Gasteiger partial charge on any atom is -0.307 e. The number of hydrogen-bond acceptors (Lipinski definition) is 3. The van der Waals surface area contributed by atoms with Gasteiger partial charge in [-0.05, 0) is 11.6 Å². The number of fused-ring (bicyclic) bond motifs is 1. The number of hydrogen-bond donors (Lipinski definition) is 1. The Balaban J connectivity index is 2.45. The summed E-state index contributed by atoms with van der Waals surface area (Å²) < 4.78 is 0. The maximum absolute atomic E-state index is 11.0. The van der Waals surface area contributed by atoms with Gasteiger partial charge in [-0.15, -0.1) is 0 Å². The van der Waals surface area contributed by atoms with Crippen LogP contribution < -0.4 is 5.32 Å². The number of ketones is 1. The van der Waals surface area contributed by atoms with Crippen LogP contribution in [0.15, 0.2) is 12.1 Å². The molecule has 0 aromatic carbocycles. The van der Waals surface area contributed by atoms with Crippen molar-refractivity contribution in [3.63, 3.8) is 0 Å². The Morgan fingerprint density at radius 3 is 3.08 bits per heavy atom. The molecule has 0 bridgehead atoms. The number of nitrogens with one attached hydrogen (secondary N) is 1. The summed E-state index contributed by atoms with van der Waals surface area (Å²) >= 11 is 0. The van der Waals surface area contributed by atoms with Crippen LogP contribution >= 0.6 is 0 Å². The minimum absolute atomic E-state index is 0.0321. The highest BCUT2D eigenvalue weighted by molar-refractivity contribution is 5.92. The molecule has 0 amide bonds. The molecule has 12 heavy (non-hydrogen) atoms. The van der Waals surface area contributed by atoms with Gasteiger partial charge in [0.15, 0.2) is 5.78 Å². The Morgan fingerprint density at radius 1 is 1.50 bits per heavy atom. The largest absolute Gasteiger partial charge is 0.307 e. The van der Waals surface area contributed by atoms with Crippen LogP contribution in [-0.2, 0) is 13.1 Å². The zero-order valence-corrected chi connectivity index (χ0v) is 6.92. The van der Waals surface area contributed by atoms with Crippen LogP contribution in [0.2, 0.25) is 0 Å². The summed E-state index contributed by atoms with van der Waals surface area (Å²) in [6.45, 7) is 3.20. The summed E-state index contributed by atoms with van der Waals surface area (Å²) in [5, 5.41) is 3.18. The standard InChI is InChI=1S/C9H10N2O/c1-6(12)8-3-2-7-4-10-5-9(7)11-8/h2-3,10H,4-5H2,1H3. The SMILES string of the molecule is CC(=O)c1ccc2c(n1)CNC2. The van der Waals surface area contributed by atoms with E-state index in [9.17, 15) is 4.79 Å². The molecule has 0 radical (unpaired) electrons. The molecule has 2 rings (SSSR count).